The van der Waals surface area contributed by atoms with Crippen LogP contribution in [0.3, 0.4) is 0 Å². The predicted molar refractivity (Wildman–Crippen MR) is 88.6 cm³/mol. The highest BCUT2D eigenvalue weighted by atomic mass is 15.1. The Kier molecular flexibility index (Phi) is 5.43. The van der Waals surface area contributed by atoms with Gasteiger partial charge in [-0.25, -0.2) is 0 Å². The van der Waals surface area contributed by atoms with E-state index < -0.39 is 0 Å². The van der Waals surface area contributed by atoms with Gasteiger partial charge in [0.15, 0.2) is 0 Å². The fourth-order valence-electron chi connectivity index (χ4n) is 2.35. The van der Waals surface area contributed by atoms with Crippen LogP contribution in [0, 0.1) is 0 Å². The van der Waals surface area contributed by atoms with Gasteiger partial charge in [0.05, 0.1) is 0 Å². The van der Waals surface area contributed by atoms with Gasteiger partial charge in [-0.3, -0.25) is 0 Å². The van der Waals surface area contributed by atoms with E-state index in [2.05, 4.69) is 73.0 Å². The van der Waals surface area contributed by atoms with Crippen molar-refractivity contribution in [1.82, 2.24) is 0 Å². The average Bonchev–Trinajstić information content (AvgIpc) is 2.53. The fraction of sp³-hybridized carbons (Fsp3) is 0.263. The standard InChI is InChI=1S/C19H23N/c1-3-5-12-17(4-2)20(18-13-8-6-9-14-18)19-15-10-7-11-16-19/h4,6,8-10,12-16H,2-3,5,7,11H2,1H3/b17-12+. The maximum atomic E-state index is 3.99. The first kappa shape index (κ1) is 14.4. The number of para-hydroxylation sites is 1. The van der Waals surface area contributed by atoms with Gasteiger partial charge in [0.2, 0.25) is 0 Å². The normalized spacial score (nSPS) is 14.8. The van der Waals surface area contributed by atoms with Gasteiger partial charge in [-0.1, -0.05) is 56.4 Å². The predicted octanol–water partition coefficient (Wildman–Crippen LogP) is 5.60. The summed E-state index contributed by atoms with van der Waals surface area (Å²) in [5, 5.41) is 0. The molecule has 1 nitrogen and oxygen atoms in total. The Hall–Kier alpha value is -2.02. The van der Waals surface area contributed by atoms with E-state index in [0.29, 0.717) is 0 Å². The molecule has 1 aliphatic carbocycles. The third kappa shape index (κ3) is 3.51. The molecule has 1 aliphatic rings. The van der Waals surface area contributed by atoms with Crippen LogP contribution in [0.1, 0.15) is 32.6 Å². The van der Waals surface area contributed by atoms with Gasteiger partial charge in [-0.2, -0.15) is 0 Å². The first-order chi connectivity index (χ1) is 9.86. The molecule has 0 unspecified atom stereocenters. The minimum atomic E-state index is 1.07. The summed E-state index contributed by atoms with van der Waals surface area (Å²) in [5.74, 6) is 0. The lowest BCUT2D eigenvalue weighted by molar-refractivity contribution is 0.937. The van der Waals surface area contributed by atoms with Crippen molar-refractivity contribution in [1.29, 1.82) is 0 Å². The summed E-state index contributed by atoms with van der Waals surface area (Å²) in [6.07, 6.45) is 15.4. The minimum absolute atomic E-state index is 1.07. The molecule has 2 rings (SSSR count). The molecule has 0 aromatic heterocycles. The molecule has 0 N–H and O–H groups in total. The van der Waals surface area contributed by atoms with Crippen molar-refractivity contribution >= 4 is 5.69 Å². The lowest BCUT2D eigenvalue weighted by Gasteiger charge is -2.28. The highest BCUT2D eigenvalue weighted by Crippen LogP contribution is 2.28. The Morgan fingerprint density at radius 1 is 1.25 bits per heavy atom. The van der Waals surface area contributed by atoms with Crippen LogP contribution in [0.25, 0.3) is 0 Å². The van der Waals surface area contributed by atoms with Crippen LogP contribution < -0.4 is 4.90 Å². The molecule has 0 bridgehead atoms. The Morgan fingerprint density at radius 3 is 2.65 bits per heavy atom. The van der Waals surface area contributed by atoms with E-state index in [0.717, 1.165) is 31.4 Å². The van der Waals surface area contributed by atoms with Crippen molar-refractivity contribution in [3.63, 3.8) is 0 Å². The quantitative estimate of drug-likeness (QED) is 0.605. The molecule has 20 heavy (non-hydrogen) atoms. The molecule has 1 heteroatoms. The summed E-state index contributed by atoms with van der Waals surface area (Å²) in [5.41, 5.74) is 3.59. The Morgan fingerprint density at radius 2 is 2.05 bits per heavy atom. The van der Waals surface area contributed by atoms with E-state index in [4.69, 9.17) is 0 Å². The summed E-state index contributed by atoms with van der Waals surface area (Å²) in [6, 6.07) is 10.5. The number of hydrogen-bond acceptors (Lipinski definition) is 1. The van der Waals surface area contributed by atoms with Crippen LogP contribution in [0.2, 0.25) is 0 Å². The Balaban J connectivity index is 2.40. The van der Waals surface area contributed by atoms with Gasteiger partial charge in [0, 0.05) is 17.1 Å². The third-order valence-corrected chi connectivity index (χ3v) is 3.36. The molecule has 0 radical (unpaired) electrons. The number of allylic oxidation sites excluding steroid dienone is 5. The molecule has 104 valence electrons. The fourth-order valence-corrected chi connectivity index (χ4v) is 2.35. The Bertz CT molecular complexity index is 520. The van der Waals surface area contributed by atoms with Gasteiger partial charge in [0.25, 0.3) is 0 Å². The highest BCUT2D eigenvalue weighted by molar-refractivity contribution is 5.62. The lowest BCUT2D eigenvalue weighted by atomic mass is 10.1. The molecule has 0 atom stereocenters. The van der Waals surface area contributed by atoms with Crippen LogP contribution >= 0.6 is 0 Å². The first-order valence-electron chi connectivity index (χ1n) is 7.41. The zero-order valence-electron chi connectivity index (χ0n) is 12.3. The van der Waals surface area contributed by atoms with Crippen LogP contribution in [-0.2, 0) is 0 Å². The van der Waals surface area contributed by atoms with Crippen LogP contribution in [0.4, 0.5) is 5.69 Å². The summed E-state index contributed by atoms with van der Waals surface area (Å²) in [7, 11) is 0. The molecule has 0 fully saturated rings. The summed E-state index contributed by atoms with van der Waals surface area (Å²) in [6.45, 7) is 6.19. The molecule has 1 aromatic rings. The van der Waals surface area contributed by atoms with E-state index in [1.807, 2.05) is 6.08 Å². The van der Waals surface area contributed by atoms with Gasteiger partial charge < -0.3 is 4.90 Å². The second kappa shape index (κ2) is 7.54. The first-order valence-corrected chi connectivity index (χ1v) is 7.41. The van der Waals surface area contributed by atoms with Gasteiger partial charge >= 0.3 is 0 Å². The van der Waals surface area contributed by atoms with E-state index in [1.54, 1.807) is 0 Å². The van der Waals surface area contributed by atoms with Crippen LogP contribution in [-0.4, -0.2) is 0 Å². The topological polar surface area (TPSA) is 3.24 Å². The molecule has 1 aromatic carbocycles. The summed E-state index contributed by atoms with van der Waals surface area (Å²) in [4.78, 5) is 2.29. The molecule has 0 spiro atoms. The number of rotatable bonds is 6. The molecule has 0 aliphatic heterocycles. The van der Waals surface area contributed by atoms with E-state index >= 15 is 0 Å². The van der Waals surface area contributed by atoms with E-state index in [-0.39, 0.29) is 0 Å². The number of benzene rings is 1. The van der Waals surface area contributed by atoms with Crippen molar-refractivity contribution in [2.45, 2.75) is 32.6 Å². The average molecular weight is 265 g/mol. The Labute approximate surface area is 122 Å². The smallest absolute Gasteiger partial charge is 0.0461 e. The van der Waals surface area contributed by atoms with Gasteiger partial charge in [-0.15, -0.1) is 0 Å². The van der Waals surface area contributed by atoms with Crippen molar-refractivity contribution in [3.05, 3.63) is 78.7 Å². The van der Waals surface area contributed by atoms with Gasteiger partial charge in [0.1, 0.15) is 0 Å². The van der Waals surface area contributed by atoms with E-state index in [1.165, 1.54) is 11.4 Å². The largest absolute Gasteiger partial charge is 0.311 e. The number of hydrogen-bond donors (Lipinski definition) is 0. The molecular weight excluding hydrogens is 242 g/mol. The number of anilines is 1. The maximum Gasteiger partial charge on any atom is 0.0461 e. The SMILES string of the molecule is C=C/C(=C\CCC)N(C1=CCCC=C1)c1ccccc1. The highest BCUT2D eigenvalue weighted by Gasteiger charge is 2.13. The maximum absolute atomic E-state index is 3.99. The molecular formula is C19H23N. The molecule has 0 heterocycles. The zero-order valence-corrected chi connectivity index (χ0v) is 12.3. The second-order valence-electron chi connectivity index (χ2n) is 4.90. The monoisotopic (exact) mass is 265 g/mol. The molecule has 0 saturated carbocycles. The molecule has 0 saturated heterocycles. The second-order valence-corrected chi connectivity index (χ2v) is 4.90. The minimum Gasteiger partial charge on any atom is -0.311 e. The van der Waals surface area contributed by atoms with Crippen molar-refractivity contribution in [2.75, 3.05) is 4.90 Å². The van der Waals surface area contributed by atoms with Crippen molar-refractivity contribution in [2.24, 2.45) is 0 Å². The van der Waals surface area contributed by atoms with Crippen LogP contribution in [0.15, 0.2) is 78.7 Å². The summed E-state index contributed by atoms with van der Waals surface area (Å²) < 4.78 is 0. The zero-order chi connectivity index (χ0) is 14.2. The number of nitrogens with zero attached hydrogens (tertiary/aromatic N) is 1. The number of unbranched alkanes of at least 4 members (excludes halogenated alkanes) is 1. The van der Waals surface area contributed by atoms with Crippen molar-refractivity contribution in [3.8, 4) is 0 Å². The molecule has 0 amide bonds. The van der Waals surface area contributed by atoms with Crippen molar-refractivity contribution < 1.29 is 0 Å². The van der Waals surface area contributed by atoms with Gasteiger partial charge in [-0.05, 0) is 43.5 Å². The van der Waals surface area contributed by atoms with E-state index in [9.17, 15) is 0 Å². The lowest BCUT2D eigenvalue weighted by Crippen LogP contribution is -2.20. The summed E-state index contributed by atoms with van der Waals surface area (Å²) >= 11 is 0. The van der Waals surface area contributed by atoms with Crippen LogP contribution in [0.5, 0.6) is 0 Å². The third-order valence-electron chi connectivity index (χ3n) is 3.36.